The van der Waals surface area contributed by atoms with Crippen LogP contribution in [0.5, 0.6) is 17.2 Å². The molecule has 16 heavy (non-hydrogen) atoms. The largest absolute Gasteiger partial charge is 0.496 e. The van der Waals surface area contributed by atoms with Gasteiger partial charge in [-0.3, -0.25) is 0 Å². The highest BCUT2D eigenvalue weighted by molar-refractivity contribution is 5.53. The Morgan fingerprint density at radius 2 is 2.12 bits per heavy atom. The molecule has 88 valence electrons. The zero-order chi connectivity index (χ0) is 11.7. The fraction of sp³-hybridized carbons (Fsp3) is 0.500. The van der Waals surface area contributed by atoms with Crippen LogP contribution in [0.4, 0.5) is 0 Å². The molecule has 0 saturated carbocycles. The van der Waals surface area contributed by atoms with Crippen LogP contribution in [-0.2, 0) is 6.42 Å². The molecule has 2 unspecified atom stereocenters. The van der Waals surface area contributed by atoms with E-state index in [1.807, 2.05) is 12.1 Å². The molecule has 2 atom stereocenters. The van der Waals surface area contributed by atoms with Crippen molar-refractivity contribution in [2.45, 2.75) is 25.6 Å². The zero-order valence-electron chi connectivity index (χ0n) is 9.69. The predicted molar refractivity (Wildman–Crippen MR) is 59.3 cm³/mol. The maximum absolute atomic E-state index is 9.52. The molecule has 0 aromatic heterocycles. The van der Waals surface area contributed by atoms with Crippen LogP contribution in [0.15, 0.2) is 12.1 Å². The first-order valence-corrected chi connectivity index (χ1v) is 5.25. The molecule has 1 N–H and O–H groups in total. The highest BCUT2D eigenvalue weighted by Gasteiger charge is 2.30. The second-order valence-corrected chi connectivity index (χ2v) is 3.91. The topological polar surface area (TPSA) is 47.9 Å². The van der Waals surface area contributed by atoms with Gasteiger partial charge >= 0.3 is 0 Å². The van der Waals surface area contributed by atoms with Crippen molar-refractivity contribution >= 4 is 0 Å². The van der Waals surface area contributed by atoms with E-state index in [9.17, 15) is 5.11 Å². The van der Waals surface area contributed by atoms with Crippen molar-refractivity contribution in [3.05, 3.63) is 17.7 Å². The Morgan fingerprint density at radius 3 is 2.69 bits per heavy atom. The van der Waals surface area contributed by atoms with Crippen LogP contribution >= 0.6 is 0 Å². The summed E-state index contributed by atoms with van der Waals surface area (Å²) in [5, 5.41) is 9.52. The molecule has 1 aromatic rings. The molecule has 0 radical (unpaired) electrons. The van der Waals surface area contributed by atoms with Gasteiger partial charge in [0.25, 0.3) is 0 Å². The van der Waals surface area contributed by atoms with Gasteiger partial charge in [-0.05, 0) is 6.92 Å². The average molecular weight is 224 g/mol. The molecule has 0 bridgehead atoms. The van der Waals surface area contributed by atoms with Crippen LogP contribution in [0.3, 0.4) is 0 Å². The number of rotatable bonds is 3. The maximum Gasteiger partial charge on any atom is 0.130 e. The van der Waals surface area contributed by atoms with Gasteiger partial charge in [-0.25, -0.2) is 0 Å². The monoisotopic (exact) mass is 224 g/mol. The molecule has 0 aliphatic carbocycles. The standard InChI is InChI=1S/C12H16O4/c1-7(13)10-6-9-11(15-3)4-8(14-2)5-12(9)16-10/h4-5,7,10,13H,6H2,1-3H3. The lowest BCUT2D eigenvalue weighted by Crippen LogP contribution is -2.26. The van der Waals surface area contributed by atoms with Crippen LogP contribution in [0, 0.1) is 0 Å². The van der Waals surface area contributed by atoms with Gasteiger partial charge < -0.3 is 19.3 Å². The minimum atomic E-state index is -0.497. The summed E-state index contributed by atoms with van der Waals surface area (Å²) in [4.78, 5) is 0. The summed E-state index contributed by atoms with van der Waals surface area (Å²) >= 11 is 0. The molecule has 2 rings (SSSR count). The van der Waals surface area contributed by atoms with Gasteiger partial charge in [0, 0.05) is 24.1 Å². The third-order valence-electron chi connectivity index (χ3n) is 2.82. The Morgan fingerprint density at radius 1 is 1.38 bits per heavy atom. The highest BCUT2D eigenvalue weighted by Crippen LogP contribution is 2.40. The Hall–Kier alpha value is -1.42. The van der Waals surface area contributed by atoms with Crippen molar-refractivity contribution in [1.29, 1.82) is 0 Å². The fourth-order valence-corrected chi connectivity index (χ4v) is 1.88. The molecule has 0 amide bonds. The molecule has 0 saturated heterocycles. The van der Waals surface area contributed by atoms with Crippen molar-refractivity contribution in [1.82, 2.24) is 0 Å². The Labute approximate surface area is 94.8 Å². The summed E-state index contributed by atoms with van der Waals surface area (Å²) in [6.07, 6.45) is -0.0284. The number of hydrogen-bond donors (Lipinski definition) is 1. The number of methoxy groups -OCH3 is 2. The minimum Gasteiger partial charge on any atom is -0.496 e. The Kier molecular flexibility index (Phi) is 2.92. The summed E-state index contributed by atoms with van der Waals surface area (Å²) in [5.74, 6) is 2.18. The predicted octanol–water partition coefficient (Wildman–Crippen LogP) is 1.39. The van der Waals surface area contributed by atoms with E-state index in [1.165, 1.54) is 0 Å². The molecular formula is C12H16O4. The smallest absolute Gasteiger partial charge is 0.130 e. The normalized spacial score (nSPS) is 19.9. The van der Waals surface area contributed by atoms with Crippen molar-refractivity contribution < 1.29 is 19.3 Å². The second-order valence-electron chi connectivity index (χ2n) is 3.91. The van der Waals surface area contributed by atoms with Crippen molar-refractivity contribution in [2.75, 3.05) is 14.2 Å². The van der Waals surface area contributed by atoms with Crippen LogP contribution in [0.1, 0.15) is 12.5 Å². The van der Waals surface area contributed by atoms with Crippen LogP contribution in [-0.4, -0.2) is 31.5 Å². The average Bonchev–Trinajstić information content (AvgIpc) is 2.71. The van der Waals surface area contributed by atoms with Crippen molar-refractivity contribution in [2.24, 2.45) is 0 Å². The van der Waals surface area contributed by atoms with E-state index in [4.69, 9.17) is 14.2 Å². The second kappa shape index (κ2) is 4.22. The van der Waals surface area contributed by atoms with E-state index in [1.54, 1.807) is 21.1 Å². The van der Waals surface area contributed by atoms with E-state index in [-0.39, 0.29) is 6.10 Å². The van der Waals surface area contributed by atoms with E-state index >= 15 is 0 Å². The fourth-order valence-electron chi connectivity index (χ4n) is 1.88. The highest BCUT2D eigenvalue weighted by atomic mass is 16.5. The van der Waals surface area contributed by atoms with Gasteiger partial charge in [0.2, 0.25) is 0 Å². The first-order valence-electron chi connectivity index (χ1n) is 5.25. The molecule has 0 fully saturated rings. The summed E-state index contributed by atoms with van der Waals surface area (Å²) in [6, 6.07) is 3.65. The number of aliphatic hydroxyl groups excluding tert-OH is 1. The van der Waals surface area contributed by atoms with E-state index in [0.717, 1.165) is 17.1 Å². The summed E-state index contributed by atoms with van der Waals surface area (Å²) in [7, 11) is 3.22. The molecule has 1 aliphatic heterocycles. The number of fused-ring (bicyclic) bond motifs is 1. The minimum absolute atomic E-state index is 0.198. The molecule has 4 nitrogen and oxygen atoms in total. The molecule has 1 heterocycles. The number of benzene rings is 1. The SMILES string of the molecule is COc1cc(OC)c2c(c1)OC(C(C)O)C2. The van der Waals surface area contributed by atoms with Gasteiger partial charge in [0.1, 0.15) is 23.4 Å². The van der Waals surface area contributed by atoms with Crippen molar-refractivity contribution in [3.63, 3.8) is 0 Å². The van der Waals surface area contributed by atoms with Gasteiger partial charge in [-0.1, -0.05) is 0 Å². The third kappa shape index (κ3) is 1.80. The third-order valence-corrected chi connectivity index (χ3v) is 2.82. The molecule has 0 spiro atoms. The zero-order valence-corrected chi connectivity index (χ0v) is 9.69. The number of hydrogen-bond acceptors (Lipinski definition) is 4. The van der Waals surface area contributed by atoms with E-state index in [2.05, 4.69) is 0 Å². The number of ether oxygens (including phenoxy) is 3. The first kappa shape index (κ1) is 11.1. The van der Waals surface area contributed by atoms with Crippen LogP contribution in [0.25, 0.3) is 0 Å². The number of aliphatic hydroxyl groups is 1. The van der Waals surface area contributed by atoms with Crippen LogP contribution < -0.4 is 14.2 Å². The van der Waals surface area contributed by atoms with Crippen LogP contribution in [0.2, 0.25) is 0 Å². The Bertz CT molecular complexity index is 387. The van der Waals surface area contributed by atoms with E-state index < -0.39 is 6.10 Å². The van der Waals surface area contributed by atoms with Gasteiger partial charge in [0.15, 0.2) is 0 Å². The Balaban J connectivity index is 2.36. The summed E-state index contributed by atoms with van der Waals surface area (Å²) in [6.45, 7) is 1.72. The lowest BCUT2D eigenvalue weighted by atomic mass is 10.1. The van der Waals surface area contributed by atoms with Gasteiger partial charge in [0.05, 0.1) is 20.3 Å². The lowest BCUT2D eigenvalue weighted by molar-refractivity contribution is 0.0631. The molecule has 4 heteroatoms. The quantitative estimate of drug-likeness (QED) is 0.842. The summed E-state index contributed by atoms with van der Waals surface area (Å²) in [5.41, 5.74) is 0.995. The summed E-state index contributed by atoms with van der Waals surface area (Å²) < 4.78 is 16.1. The maximum atomic E-state index is 9.52. The molecule has 1 aromatic carbocycles. The van der Waals surface area contributed by atoms with Gasteiger partial charge in [-0.2, -0.15) is 0 Å². The molecular weight excluding hydrogens is 208 g/mol. The van der Waals surface area contributed by atoms with Crippen molar-refractivity contribution in [3.8, 4) is 17.2 Å². The molecule has 1 aliphatic rings. The lowest BCUT2D eigenvalue weighted by Gasteiger charge is -2.12. The first-order chi connectivity index (χ1) is 7.65. The van der Waals surface area contributed by atoms with E-state index in [0.29, 0.717) is 12.2 Å². The van der Waals surface area contributed by atoms with Gasteiger partial charge in [-0.15, -0.1) is 0 Å².